The topological polar surface area (TPSA) is 61.2 Å². The second-order valence-corrected chi connectivity index (χ2v) is 6.60. The molecule has 0 saturated heterocycles. The van der Waals surface area contributed by atoms with Gasteiger partial charge in [-0.1, -0.05) is 0 Å². The van der Waals surface area contributed by atoms with E-state index in [4.69, 9.17) is 13.9 Å². The van der Waals surface area contributed by atoms with Gasteiger partial charge in [0.2, 0.25) is 4.80 Å². The molecule has 1 aromatic carbocycles. The zero-order valence-corrected chi connectivity index (χ0v) is 16.0. The molecule has 0 aliphatic heterocycles. The van der Waals surface area contributed by atoms with Crippen LogP contribution in [-0.2, 0) is 0 Å². The normalized spacial score (nSPS) is 12.3. The molecule has 0 unspecified atom stereocenters. The summed E-state index contributed by atoms with van der Waals surface area (Å²) < 4.78 is 18.0. The average Bonchev–Trinajstić information content (AvgIpc) is 3.29. The fraction of sp³-hybridized carbons (Fsp3) is 0.263. The Morgan fingerprint density at radius 2 is 2.04 bits per heavy atom. The Balaban J connectivity index is 2.09. The molecule has 0 bridgehead atoms. The summed E-state index contributed by atoms with van der Waals surface area (Å²) in [5.74, 6) is 2.19. The van der Waals surface area contributed by atoms with Crippen LogP contribution in [0, 0.1) is 0 Å². The predicted octanol–water partition coefficient (Wildman–Crippen LogP) is 4.02. The molecule has 7 heteroatoms. The van der Waals surface area contributed by atoms with Crippen molar-refractivity contribution < 1.29 is 13.9 Å². The molecule has 0 amide bonds. The van der Waals surface area contributed by atoms with Crippen molar-refractivity contribution >= 4 is 17.6 Å². The average molecular weight is 371 g/mol. The van der Waals surface area contributed by atoms with Gasteiger partial charge in [-0.05, 0) is 44.2 Å². The molecule has 3 aromatic rings. The highest BCUT2D eigenvalue weighted by Crippen LogP contribution is 2.23. The quantitative estimate of drug-likeness (QED) is 0.615. The van der Waals surface area contributed by atoms with Crippen LogP contribution in [0.15, 0.2) is 56.5 Å². The van der Waals surface area contributed by atoms with Crippen molar-refractivity contribution in [3.8, 4) is 23.0 Å². The SMILES string of the molecule is COc1ccc(OC)c(C=Nn2c(-c3ccco3)csc2=NC(C)C)c1. The Bertz CT molecular complexity index is 953. The van der Waals surface area contributed by atoms with Crippen LogP contribution < -0.4 is 14.3 Å². The van der Waals surface area contributed by atoms with Crippen molar-refractivity contribution in [2.45, 2.75) is 19.9 Å². The summed E-state index contributed by atoms with van der Waals surface area (Å²) in [7, 11) is 3.26. The monoisotopic (exact) mass is 371 g/mol. The summed E-state index contributed by atoms with van der Waals surface area (Å²) >= 11 is 1.52. The lowest BCUT2D eigenvalue weighted by molar-refractivity contribution is 0.402. The van der Waals surface area contributed by atoms with Crippen LogP contribution in [0.4, 0.5) is 0 Å². The minimum Gasteiger partial charge on any atom is -0.497 e. The van der Waals surface area contributed by atoms with Gasteiger partial charge in [-0.25, -0.2) is 4.68 Å². The van der Waals surface area contributed by atoms with Gasteiger partial charge in [-0.3, -0.25) is 4.99 Å². The number of furan rings is 1. The van der Waals surface area contributed by atoms with Gasteiger partial charge < -0.3 is 13.9 Å². The molecule has 0 spiro atoms. The van der Waals surface area contributed by atoms with Gasteiger partial charge in [0.05, 0.1) is 26.7 Å². The number of hydrogen-bond acceptors (Lipinski definition) is 6. The summed E-state index contributed by atoms with van der Waals surface area (Å²) in [6.07, 6.45) is 3.38. The Kier molecular flexibility index (Phi) is 5.58. The number of methoxy groups -OCH3 is 2. The first-order valence-corrected chi connectivity index (χ1v) is 9.05. The highest BCUT2D eigenvalue weighted by molar-refractivity contribution is 7.07. The van der Waals surface area contributed by atoms with Crippen LogP contribution in [0.5, 0.6) is 11.5 Å². The zero-order chi connectivity index (χ0) is 18.5. The molecular formula is C19H21N3O3S. The minimum atomic E-state index is 0.158. The van der Waals surface area contributed by atoms with E-state index in [-0.39, 0.29) is 6.04 Å². The maximum Gasteiger partial charge on any atom is 0.206 e. The lowest BCUT2D eigenvalue weighted by Crippen LogP contribution is -2.14. The Labute approximate surface area is 156 Å². The third-order valence-corrected chi connectivity index (χ3v) is 4.41. The Morgan fingerprint density at radius 3 is 2.69 bits per heavy atom. The van der Waals surface area contributed by atoms with Gasteiger partial charge >= 0.3 is 0 Å². The van der Waals surface area contributed by atoms with E-state index in [0.29, 0.717) is 5.75 Å². The van der Waals surface area contributed by atoms with Crippen molar-refractivity contribution in [1.82, 2.24) is 4.68 Å². The van der Waals surface area contributed by atoms with E-state index in [1.54, 1.807) is 31.4 Å². The standard InChI is InChI=1S/C19H21N3O3S/c1-13(2)21-19-22(16(12-26-19)18-6-5-9-25-18)20-11-14-10-15(23-3)7-8-17(14)24-4/h5-13H,1-4H3. The Hall–Kier alpha value is -2.80. The molecule has 2 heterocycles. The molecule has 3 rings (SSSR count). The van der Waals surface area contributed by atoms with Gasteiger partial charge in [0.25, 0.3) is 0 Å². The highest BCUT2D eigenvalue weighted by Gasteiger charge is 2.10. The van der Waals surface area contributed by atoms with E-state index in [1.165, 1.54) is 11.3 Å². The second-order valence-electron chi connectivity index (χ2n) is 5.77. The molecular weight excluding hydrogens is 350 g/mol. The lowest BCUT2D eigenvalue weighted by atomic mass is 10.2. The number of rotatable bonds is 6. The molecule has 0 radical (unpaired) electrons. The van der Waals surface area contributed by atoms with E-state index < -0.39 is 0 Å². The molecule has 26 heavy (non-hydrogen) atoms. The van der Waals surface area contributed by atoms with Gasteiger partial charge in [0.1, 0.15) is 17.2 Å². The van der Waals surface area contributed by atoms with Crippen molar-refractivity contribution in [2.75, 3.05) is 14.2 Å². The second kappa shape index (κ2) is 8.05. The van der Waals surface area contributed by atoms with Crippen molar-refractivity contribution in [1.29, 1.82) is 0 Å². The first-order valence-electron chi connectivity index (χ1n) is 8.17. The summed E-state index contributed by atoms with van der Waals surface area (Å²) in [5, 5.41) is 6.63. The first kappa shape index (κ1) is 18.0. The third-order valence-electron chi connectivity index (χ3n) is 3.58. The fourth-order valence-electron chi connectivity index (χ4n) is 2.38. The zero-order valence-electron chi connectivity index (χ0n) is 15.2. The number of ether oxygens (including phenoxy) is 2. The molecule has 136 valence electrons. The van der Waals surface area contributed by atoms with Gasteiger partial charge in [-0.15, -0.1) is 11.3 Å². The third kappa shape index (κ3) is 3.88. The molecule has 0 atom stereocenters. The van der Waals surface area contributed by atoms with Crippen molar-refractivity contribution in [3.05, 3.63) is 52.3 Å². The van der Waals surface area contributed by atoms with Gasteiger partial charge in [0, 0.05) is 17.0 Å². The molecule has 0 aliphatic rings. The fourth-order valence-corrected chi connectivity index (χ4v) is 3.33. The van der Waals surface area contributed by atoms with E-state index in [1.807, 2.05) is 49.6 Å². The van der Waals surface area contributed by atoms with Crippen LogP contribution in [-0.4, -0.2) is 31.2 Å². The van der Waals surface area contributed by atoms with Crippen molar-refractivity contribution in [3.63, 3.8) is 0 Å². The predicted molar refractivity (Wildman–Crippen MR) is 103 cm³/mol. The summed E-state index contributed by atoms with van der Waals surface area (Å²) in [4.78, 5) is 5.44. The maximum atomic E-state index is 5.54. The van der Waals surface area contributed by atoms with Crippen LogP contribution >= 0.6 is 11.3 Å². The number of hydrogen-bond donors (Lipinski definition) is 0. The summed E-state index contributed by atoms with van der Waals surface area (Å²) in [6, 6.07) is 9.49. The van der Waals surface area contributed by atoms with E-state index >= 15 is 0 Å². The summed E-state index contributed by atoms with van der Waals surface area (Å²) in [5.41, 5.74) is 1.66. The van der Waals surface area contributed by atoms with Crippen LogP contribution in [0.2, 0.25) is 0 Å². The molecule has 6 nitrogen and oxygen atoms in total. The molecule has 0 aliphatic carbocycles. The number of aromatic nitrogens is 1. The Morgan fingerprint density at radius 1 is 1.19 bits per heavy atom. The molecule has 0 fully saturated rings. The lowest BCUT2D eigenvalue weighted by Gasteiger charge is -2.07. The minimum absolute atomic E-state index is 0.158. The first-order chi connectivity index (χ1) is 12.6. The van der Waals surface area contributed by atoms with E-state index in [0.717, 1.165) is 27.6 Å². The van der Waals surface area contributed by atoms with Crippen molar-refractivity contribution in [2.24, 2.45) is 10.1 Å². The van der Waals surface area contributed by atoms with E-state index in [9.17, 15) is 0 Å². The maximum absolute atomic E-state index is 5.54. The number of nitrogens with zero attached hydrogens (tertiary/aromatic N) is 3. The van der Waals surface area contributed by atoms with Gasteiger partial charge in [-0.2, -0.15) is 5.10 Å². The van der Waals surface area contributed by atoms with Crippen LogP contribution in [0.1, 0.15) is 19.4 Å². The van der Waals surface area contributed by atoms with Crippen LogP contribution in [0.3, 0.4) is 0 Å². The summed E-state index contributed by atoms with van der Waals surface area (Å²) in [6.45, 7) is 4.07. The largest absolute Gasteiger partial charge is 0.497 e. The van der Waals surface area contributed by atoms with Gasteiger partial charge in [0.15, 0.2) is 5.76 Å². The molecule has 2 aromatic heterocycles. The number of thiazole rings is 1. The smallest absolute Gasteiger partial charge is 0.206 e. The molecule has 0 N–H and O–H groups in total. The highest BCUT2D eigenvalue weighted by atomic mass is 32.1. The molecule has 0 saturated carbocycles. The van der Waals surface area contributed by atoms with Crippen LogP contribution in [0.25, 0.3) is 11.5 Å². The van der Waals surface area contributed by atoms with E-state index in [2.05, 4.69) is 10.1 Å². The number of benzene rings is 1.